The first-order valence-corrected chi connectivity index (χ1v) is 5.99. The molecule has 0 unspecified atom stereocenters. The monoisotopic (exact) mass is 237 g/mol. The van der Waals surface area contributed by atoms with Gasteiger partial charge in [0.2, 0.25) is 0 Å². The van der Waals surface area contributed by atoms with Crippen LogP contribution in [0.2, 0.25) is 0 Å². The van der Waals surface area contributed by atoms with Gasteiger partial charge in [0.1, 0.15) is 16.5 Å². The van der Waals surface area contributed by atoms with E-state index in [9.17, 15) is 0 Å². The number of nitrogens with one attached hydrogen (secondary N) is 1. The molecule has 16 heavy (non-hydrogen) atoms. The minimum Gasteiger partial charge on any atom is -0.377 e. The highest BCUT2D eigenvalue weighted by molar-refractivity contribution is 7.10. The molecule has 0 aliphatic heterocycles. The Morgan fingerprint density at radius 1 is 1.50 bits per heavy atom. The first kappa shape index (κ1) is 11.1. The van der Waals surface area contributed by atoms with Gasteiger partial charge in [-0.25, -0.2) is 4.98 Å². The SMILES string of the molecule is CNc1snnc1Cn1ccnc1C(C)C. The molecule has 0 saturated carbocycles. The number of anilines is 1. The van der Waals surface area contributed by atoms with Crippen LogP contribution >= 0.6 is 11.5 Å². The summed E-state index contributed by atoms with van der Waals surface area (Å²) in [6.07, 6.45) is 3.81. The molecule has 2 rings (SSSR count). The molecule has 0 aromatic carbocycles. The maximum Gasteiger partial charge on any atom is 0.134 e. The Morgan fingerprint density at radius 2 is 2.31 bits per heavy atom. The molecule has 0 saturated heterocycles. The molecule has 0 aliphatic rings. The van der Waals surface area contributed by atoms with Gasteiger partial charge in [0.25, 0.3) is 0 Å². The molecular formula is C10H15N5S. The zero-order valence-electron chi connectivity index (χ0n) is 9.64. The van der Waals surface area contributed by atoms with E-state index in [0.717, 1.165) is 23.1 Å². The largest absolute Gasteiger partial charge is 0.377 e. The van der Waals surface area contributed by atoms with Crippen molar-refractivity contribution in [3.8, 4) is 0 Å². The summed E-state index contributed by atoms with van der Waals surface area (Å²) in [7, 11) is 1.88. The number of imidazole rings is 1. The molecule has 0 aliphatic carbocycles. The van der Waals surface area contributed by atoms with Crippen molar-refractivity contribution in [1.29, 1.82) is 0 Å². The Labute approximate surface area is 98.7 Å². The van der Waals surface area contributed by atoms with Crippen molar-refractivity contribution in [2.45, 2.75) is 26.3 Å². The fourth-order valence-electron chi connectivity index (χ4n) is 1.62. The maximum atomic E-state index is 4.35. The van der Waals surface area contributed by atoms with E-state index in [1.807, 2.05) is 19.4 Å². The molecule has 2 aromatic rings. The van der Waals surface area contributed by atoms with E-state index in [-0.39, 0.29) is 0 Å². The Morgan fingerprint density at radius 3 is 3.00 bits per heavy atom. The van der Waals surface area contributed by atoms with Crippen LogP contribution in [-0.4, -0.2) is 26.2 Å². The van der Waals surface area contributed by atoms with Crippen LogP contribution in [-0.2, 0) is 6.54 Å². The van der Waals surface area contributed by atoms with Crippen molar-refractivity contribution < 1.29 is 0 Å². The van der Waals surface area contributed by atoms with E-state index in [0.29, 0.717) is 5.92 Å². The third kappa shape index (κ3) is 2.06. The first-order valence-electron chi connectivity index (χ1n) is 5.22. The standard InChI is InChI=1S/C10H15N5S/c1-7(2)9-12-4-5-15(9)6-8-10(11-3)16-14-13-8/h4-5,7,11H,6H2,1-3H3. The van der Waals surface area contributed by atoms with Crippen LogP contribution in [0.1, 0.15) is 31.3 Å². The van der Waals surface area contributed by atoms with Crippen molar-refractivity contribution in [3.63, 3.8) is 0 Å². The summed E-state index contributed by atoms with van der Waals surface area (Å²) in [5.74, 6) is 1.50. The third-order valence-electron chi connectivity index (χ3n) is 2.37. The molecule has 1 N–H and O–H groups in total. The lowest BCUT2D eigenvalue weighted by Gasteiger charge is -2.09. The number of aromatic nitrogens is 4. The predicted molar refractivity (Wildman–Crippen MR) is 64.9 cm³/mol. The summed E-state index contributed by atoms with van der Waals surface area (Å²) >= 11 is 1.38. The topological polar surface area (TPSA) is 55.6 Å². The molecule has 0 spiro atoms. The van der Waals surface area contributed by atoms with Crippen molar-refractivity contribution in [1.82, 2.24) is 19.1 Å². The Hall–Kier alpha value is -1.43. The number of rotatable bonds is 4. The van der Waals surface area contributed by atoms with Gasteiger partial charge in [-0.1, -0.05) is 18.3 Å². The van der Waals surface area contributed by atoms with Crippen LogP contribution in [0.4, 0.5) is 5.00 Å². The van der Waals surface area contributed by atoms with Crippen LogP contribution < -0.4 is 5.32 Å². The van der Waals surface area contributed by atoms with Gasteiger partial charge in [0, 0.05) is 36.9 Å². The number of hydrogen-bond donors (Lipinski definition) is 1. The molecule has 0 radical (unpaired) electrons. The number of nitrogens with zero attached hydrogens (tertiary/aromatic N) is 4. The smallest absolute Gasteiger partial charge is 0.134 e. The highest BCUT2D eigenvalue weighted by Gasteiger charge is 2.11. The summed E-state index contributed by atoms with van der Waals surface area (Å²) in [6, 6.07) is 0. The number of hydrogen-bond acceptors (Lipinski definition) is 5. The van der Waals surface area contributed by atoms with Crippen molar-refractivity contribution in [2.75, 3.05) is 12.4 Å². The first-order chi connectivity index (χ1) is 7.72. The summed E-state index contributed by atoms with van der Waals surface area (Å²) in [5, 5.41) is 8.23. The van der Waals surface area contributed by atoms with E-state index in [4.69, 9.17) is 0 Å². The zero-order chi connectivity index (χ0) is 11.5. The molecule has 0 bridgehead atoms. The lowest BCUT2D eigenvalue weighted by Crippen LogP contribution is -2.07. The fraction of sp³-hybridized carbons (Fsp3) is 0.500. The van der Waals surface area contributed by atoms with Crippen molar-refractivity contribution >= 4 is 16.5 Å². The highest BCUT2D eigenvalue weighted by atomic mass is 32.1. The fourth-order valence-corrected chi connectivity index (χ4v) is 2.14. The van der Waals surface area contributed by atoms with Gasteiger partial charge in [-0.15, -0.1) is 5.10 Å². The molecule has 2 aromatic heterocycles. The van der Waals surface area contributed by atoms with Gasteiger partial charge in [-0.3, -0.25) is 0 Å². The van der Waals surface area contributed by atoms with Crippen LogP contribution in [0, 0.1) is 0 Å². The van der Waals surface area contributed by atoms with Gasteiger partial charge in [0.05, 0.1) is 6.54 Å². The summed E-state index contributed by atoms with van der Waals surface area (Å²) < 4.78 is 6.06. The summed E-state index contributed by atoms with van der Waals surface area (Å²) in [5.41, 5.74) is 0.965. The quantitative estimate of drug-likeness (QED) is 0.883. The molecular weight excluding hydrogens is 222 g/mol. The second-order valence-electron chi connectivity index (χ2n) is 3.87. The molecule has 6 heteroatoms. The van der Waals surface area contributed by atoms with Crippen molar-refractivity contribution in [3.05, 3.63) is 23.9 Å². The molecule has 5 nitrogen and oxygen atoms in total. The second kappa shape index (κ2) is 4.61. The molecule has 0 fully saturated rings. The third-order valence-corrected chi connectivity index (χ3v) is 3.15. The summed E-state index contributed by atoms with van der Waals surface area (Å²) in [4.78, 5) is 4.35. The lowest BCUT2D eigenvalue weighted by molar-refractivity contribution is 0.660. The Bertz CT molecular complexity index is 459. The molecule has 2 heterocycles. The van der Waals surface area contributed by atoms with Gasteiger partial charge >= 0.3 is 0 Å². The van der Waals surface area contributed by atoms with Crippen LogP contribution in [0.25, 0.3) is 0 Å². The van der Waals surface area contributed by atoms with Gasteiger partial charge in [-0.05, 0) is 0 Å². The van der Waals surface area contributed by atoms with E-state index >= 15 is 0 Å². The van der Waals surface area contributed by atoms with Crippen LogP contribution in [0.5, 0.6) is 0 Å². The van der Waals surface area contributed by atoms with Crippen LogP contribution in [0.15, 0.2) is 12.4 Å². The minimum atomic E-state index is 0.416. The Balaban J connectivity index is 2.23. The van der Waals surface area contributed by atoms with E-state index in [2.05, 4.69) is 38.3 Å². The highest BCUT2D eigenvalue weighted by Crippen LogP contribution is 2.20. The zero-order valence-corrected chi connectivity index (χ0v) is 10.5. The average molecular weight is 237 g/mol. The molecule has 0 atom stereocenters. The summed E-state index contributed by atoms with van der Waals surface area (Å²) in [6.45, 7) is 4.99. The van der Waals surface area contributed by atoms with Gasteiger partial charge < -0.3 is 9.88 Å². The predicted octanol–water partition coefficient (Wildman–Crippen LogP) is 1.95. The van der Waals surface area contributed by atoms with Gasteiger partial charge in [-0.2, -0.15) is 0 Å². The minimum absolute atomic E-state index is 0.416. The van der Waals surface area contributed by atoms with E-state index in [1.165, 1.54) is 11.5 Å². The maximum absolute atomic E-state index is 4.35. The van der Waals surface area contributed by atoms with Crippen LogP contribution in [0.3, 0.4) is 0 Å². The van der Waals surface area contributed by atoms with Crippen molar-refractivity contribution in [2.24, 2.45) is 0 Å². The Kier molecular flexibility index (Phi) is 3.19. The normalized spacial score (nSPS) is 11.0. The molecule has 0 amide bonds. The average Bonchev–Trinajstić information content (AvgIpc) is 2.86. The van der Waals surface area contributed by atoms with Gasteiger partial charge in [0.15, 0.2) is 0 Å². The second-order valence-corrected chi connectivity index (χ2v) is 4.62. The van der Waals surface area contributed by atoms with E-state index < -0.39 is 0 Å². The molecule has 86 valence electrons. The lowest BCUT2D eigenvalue weighted by atomic mass is 10.2. The van der Waals surface area contributed by atoms with E-state index in [1.54, 1.807) is 0 Å².